The fourth-order valence-corrected chi connectivity index (χ4v) is 3.67. The molecule has 5 heteroatoms. The summed E-state index contributed by atoms with van der Waals surface area (Å²) in [7, 11) is 0. The normalized spacial score (nSPS) is 23.0. The minimum atomic E-state index is -0.543. The van der Waals surface area contributed by atoms with E-state index in [0.717, 1.165) is 44.7 Å². The number of guanidine groups is 1. The summed E-state index contributed by atoms with van der Waals surface area (Å²) in [5, 5.41) is 17.1. The van der Waals surface area contributed by atoms with Crippen molar-refractivity contribution < 1.29 is 5.11 Å². The van der Waals surface area contributed by atoms with Gasteiger partial charge >= 0.3 is 0 Å². The molecule has 0 aromatic rings. The van der Waals surface area contributed by atoms with Gasteiger partial charge in [0.1, 0.15) is 0 Å². The number of hydrogen-bond donors (Lipinski definition) is 3. The van der Waals surface area contributed by atoms with Crippen LogP contribution in [0.1, 0.15) is 65.7 Å². The third-order valence-corrected chi connectivity index (χ3v) is 5.30. The molecule has 1 aliphatic heterocycles. The molecule has 2 aliphatic rings. The molecular weight excluding hydrogens is 288 g/mol. The largest absolute Gasteiger partial charge is 0.388 e. The van der Waals surface area contributed by atoms with Crippen LogP contribution < -0.4 is 10.6 Å². The van der Waals surface area contributed by atoms with E-state index in [1.807, 2.05) is 0 Å². The maximum Gasteiger partial charge on any atom is 0.191 e. The molecule has 0 bridgehead atoms. The zero-order chi connectivity index (χ0) is 16.8. The number of nitrogens with one attached hydrogen (secondary N) is 2. The lowest BCUT2D eigenvalue weighted by Gasteiger charge is -2.40. The van der Waals surface area contributed by atoms with Gasteiger partial charge in [-0.1, -0.05) is 19.3 Å². The van der Waals surface area contributed by atoms with Gasteiger partial charge < -0.3 is 15.7 Å². The zero-order valence-corrected chi connectivity index (χ0v) is 15.3. The first-order valence-corrected chi connectivity index (χ1v) is 9.45. The molecule has 0 atom stereocenters. The monoisotopic (exact) mass is 324 g/mol. The second kappa shape index (κ2) is 8.34. The van der Waals surface area contributed by atoms with E-state index in [9.17, 15) is 5.11 Å². The molecule has 0 radical (unpaired) electrons. The average molecular weight is 325 g/mol. The number of rotatable bonds is 6. The highest BCUT2D eigenvalue weighted by atomic mass is 16.3. The van der Waals surface area contributed by atoms with Gasteiger partial charge in [-0.15, -0.1) is 0 Å². The molecule has 0 amide bonds. The number of likely N-dealkylation sites (tertiary alicyclic amines) is 1. The number of piperidine rings is 1. The molecule has 1 saturated carbocycles. The summed E-state index contributed by atoms with van der Waals surface area (Å²) in [5.74, 6) is 0.831. The van der Waals surface area contributed by atoms with Gasteiger partial charge in [0.05, 0.1) is 12.1 Å². The third-order valence-electron chi connectivity index (χ3n) is 5.30. The first-order chi connectivity index (χ1) is 11.0. The Bertz CT molecular complexity index is 382. The molecule has 2 fully saturated rings. The van der Waals surface area contributed by atoms with Crippen molar-refractivity contribution in [3.8, 4) is 0 Å². The van der Waals surface area contributed by atoms with Crippen LogP contribution in [0.3, 0.4) is 0 Å². The van der Waals surface area contributed by atoms with E-state index in [1.54, 1.807) is 0 Å². The highest BCUT2D eigenvalue weighted by Gasteiger charge is 2.31. The summed E-state index contributed by atoms with van der Waals surface area (Å²) in [6, 6.07) is 0. The van der Waals surface area contributed by atoms with Crippen molar-refractivity contribution in [1.82, 2.24) is 15.5 Å². The van der Waals surface area contributed by atoms with E-state index in [4.69, 9.17) is 4.99 Å². The van der Waals surface area contributed by atoms with E-state index in [0.29, 0.717) is 6.54 Å². The third kappa shape index (κ3) is 5.64. The lowest BCUT2D eigenvalue weighted by atomic mass is 9.99. The minimum Gasteiger partial charge on any atom is -0.388 e. The molecule has 0 unspecified atom stereocenters. The maximum atomic E-state index is 10.5. The van der Waals surface area contributed by atoms with Crippen molar-refractivity contribution in [2.45, 2.75) is 76.9 Å². The van der Waals surface area contributed by atoms with Gasteiger partial charge in [-0.25, -0.2) is 0 Å². The molecule has 5 nitrogen and oxygen atoms in total. The second-order valence-electron chi connectivity index (χ2n) is 7.84. The van der Waals surface area contributed by atoms with Crippen LogP contribution in [0.2, 0.25) is 0 Å². The Labute approximate surface area is 141 Å². The number of aliphatic hydroxyl groups is 1. The summed E-state index contributed by atoms with van der Waals surface area (Å²) >= 11 is 0. The molecule has 0 aromatic carbocycles. The minimum absolute atomic E-state index is 0.0903. The molecular formula is C18H36N4O. The van der Waals surface area contributed by atoms with Crippen molar-refractivity contribution >= 4 is 5.96 Å². The van der Waals surface area contributed by atoms with E-state index in [-0.39, 0.29) is 5.54 Å². The van der Waals surface area contributed by atoms with Crippen LogP contribution in [0, 0.1) is 0 Å². The van der Waals surface area contributed by atoms with E-state index in [1.165, 1.54) is 32.4 Å². The predicted octanol–water partition coefficient (Wildman–Crippen LogP) is 2.11. The Kier molecular flexibility index (Phi) is 6.72. The maximum absolute atomic E-state index is 10.5. The molecule has 0 spiro atoms. The molecule has 2 rings (SSSR count). The molecule has 3 N–H and O–H groups in total. The lowest BCUT2D eigenvalue weighted by molar-refractivity contribution is 0.0521. The topological polar surface area (TPSA) is 59.9 Å². The summed E-state index contributed by atoms with van der Waals surface area (Å²) in [6.45, 7) is 11.2. The average Bonchev–Trinajstić information content (AvgIpc) is 2.98. The van der Waals surface area contributed by atoms with Gasteiger partial charge in [-0.05, 0) is 59.5 Å². The Morgan fingerprint density at radius 3 is 2.35 bits per heavy atom. The van der Waals surface area contributed by atoms with Crippen molar-refractivity contribution in [2.24, 2.45) is 4.99 Å². The SMILES string of the molecule is CCNC(=NCC(C)(C)N1CCCCC1)NCC1(O)CCCC1. The van der Waals surface area contributed by atoms with Crippen LogP contribution in [-0.2, 0) is 0 Å². The van der Waals surface area contributed by atoms with Crippen LogP contribution in [0.4, 0.5) is 0 Å². The van der Waals surface area contributed by atoms with Crippen molar-refractivity contribution in [1.29, 1.82) is 0 Å². The smallest absolute Gasteiger partial charge is 0.191 e. The molecule has 0 aromatic heterocycles. The van der Waals surface area contributed by atoms with Gasteiger partial charge in [-0.3, -0.25) is 9.89 Å². The first-order valence-electron chi connectivity index (χ1n) is 9.45. The molecule has 1 heterocycles. The van der Waals surface area contributed by atoms with Crippen molar-refractivity contribution in [2.75, 3.05) is 32.7 Å². The Balaban J connectivity index is 1.88. The lowest BCUT2D eigenvalue weighted by Crippen LogP contribution is -2.50. The van der Waals surface area contributed by atoms with Crippen LogP contribution >= 0.6 is 0 Å². The van der Waals surface area contributed by atoms with E-state index in [2.05, 4.69) is 36.3 Å². The van der Waals surface area contributed by atoms with E-state index >= 15 is 0 Å². The van der Waals surface area contributed by atoms with Gasteiger partial charge in [0.25, 0.3) is 0 Å². The quantitative estimate of drug-likeness (QED) is 0.517. The van der Waals surface area contributed by atoms with Gasteiger partial charge in [0, 0.05) is 18.6 Å². The second-order valence-corrected chi connectivity index (χ2v) is 7.84. The van der Waals surface area contributed by atoms with Crippen LogP contribution in [0.15, 0.2) is 4.99 Å². The van der Waals surface area contributed by atoms with Crippen LogP contribution in [0.25, 0.3) is 0 Å². The number of aliphatic imine (C=N–C) groups is 1. The van der Waals surface area contributed by atoms with Crippen LogP contribution in [-0.4, -0.2) is 59.8 Å². The summed E-state index contributed by atoms with van der Waals surface area (Å²) in [5.41, 5.74) is -0.453. The molecule has 134 valence electrons. The van der Waals surface area contributed by atoms with Crippen molar-refractivity contribution in [3.63, 3.8) is 0 Å². The standard InChI is InChI=1S/C18H36N4O/c1-4-19-16(21-15-18(23)10-6-7-11-18)20-14-17(2,3)22-12-8-5-9-13-22/h23H,4-15H2,1-3H3,(H2,19,20,21). The Morgan fingerprint density at radius 2 is 1.74 bits per heavy atom. The summed E-state index contributed by atoms with van der Waals surface area (Å²) in [6.07, 6.45) is 8.04. The summed E-state index contributed by atoms with van der Waals surface area (Å²) < 4.78 is 0. The highest BCUT2D eigenvalue weighted by molar-refractivity contribution is 5.79. The number of hydrogen-bond acceptors (Lipinski definition) is 3. The van der Waals surface area contributed by atoms with Gasteiger partial charge in [0.2, 0.25) is 0 Å². The van der Waals surface area contributed by atoms with Crippen LogP contribution in [0.5, 0.6) is 0 Å². The van der Waals surface area contributed by atoms with Crippen molar-refractivity contribution in [3.05, 3.63) is 0 Å². The first kappa shape index (κ1) is 18.5. The summed E-state index contributed by atoms with van der Waals surface area (Å²) in [4.78, 5) is 7.36. The Morgan fingerprint density at radius 1 is 1.09 bits per heavy atom. The molecule has 1 aliphatic carbocycles. The highest BCUT2D eigenvalue weighted by Crippen LogP contribution is 2.28. The fourth-order valence-electron chi connectivity index (χ4n) is 3.67. The zero-order valence-electron chi connectivity index (χ0n) is 15.3. The Hall–Kier alpha value is -0.810. The molecule has 1 saturated heterocycles. The van der Waals surface area contributed by atoms with E-state index < -0.39 is 5.60 Å². The molecule has 23 heavy (non-hydrogen) atoms. The fraction of sp³-hybridized carbons (Fsp3) is 0.944. The van der Waals surface area contributed by atoms with Gasteiger partial charge in [-0.2, -0.15) is 0 Å². The van der Waals surface area contributed by atoms with Gasteiger partial charge in [0.15, 0.2) is 5.96 Å². The number of nitrogens with zero attached hydrogens (tertiary/aromatic N) is 2. The predicted molar refractivity (Wildman–Crippen MR) is 96.9 cm³/mol.